The summed E-state index contributed by atoms with van der Waals surface area (Å²) in [4.78, 5) is 20.7. The Labute approximate surface area is 125 Å². The van der Waals surface area contributed by atoms with E-state index < -0.39 is 0 Å². The molecule has 1 N–H and O–H groups in total. The van der Waals surface area contributed by atoms with Crippen LogP contribution in [0.3, 0.4) is 0 Å². The summed E-state index contributed by atoms with van der Waals surface area (Å²) in [5.74, 6) is 1.20. The van der Waals surface area contributed by atoms with Gasteiger partial charge in [-0.3, -0.25) is 9.78 Å². The van der Waals surface area contributed by atoms with E-state index in [0.29, 0.717) is 12.8 Å². The highest BCUT2D eigenvalue weighted by atomic mass is 16.1. The average Bonchev–Trinajstić information content (AvgIpc) is 2.89. The Kier molecular flexibility index (Phi) is 5.09. The molecule has 0 aliphatic heterocycles. The Bertz CT molecular complexity index is 577. The number of aryl methyl sites for hydroxylation is 2. The molecule has 0 saturated heterocycles. The van der Waals surface area contributed by atoms with Crippen LogP contribution < -0.4 is 5.32 Å². The van der Waals surface area contributed by atoms with Gasteiger partial charge in [0.15, 0.2) is 0 Å². The molecule has 0 spiro atoms. The van der Waals surface area contributed by atoms with Crippen LogP contribution in [0.15, 0.2) is 36.8 Å². The number of carbonyl (C=O) groups is 1. The zero-order valence-corrected chi connectivity index (χ0v) is 12.8. The van der Waals surface area contributed by atoms with Crippen LogP contribution in [0.25, 0.3) is 0 Å². The third-order valence-corrected chi connectivity index (χ3v) is 3.45. The van der Waals surface area contributed by atoms with Gasteiger partial charge in [0.05, 0.1) is 6.04 Å². The third-order valence-electron chi connectivity index (χ3n) is 3.45. The number of amides is 1. The van der Waals surface area contributed by atoms with Gasteiger partial charge in [-0.2, -0.15) is 0 Å². The normalized spacial score (nSPS) is 12.4. The van der Waals surface area contributed by atoms with Gasteiger partial charge >= 0.3 is 0 Å². The second kappa shape index (κ2) is 7.02. The number of hydrogen-bond donors (Lipinski definition) is 1. The first-order chi connectivity index (χ1) is 10.1. The molecule has 5 nitrogen and oxygen atoms in total. The maximum absolute atomic E-state index is 12.2. The third kappa shape index (κ3) is 4.15. The second-order valence-corrected chi connectivity index (χ2v) is 5.51. The highest BCUT2D eigenvalue weighted by molar-refractivity contribution is 5.76. The highest BCUT2D eigenvalue weighted by Gasteiger charge is 2.21. The molecule has 1 unspecified atom stereocenters. The van der Waals surface area contributed by atoms with Crippen LogP contribution in [0.4, 0.5) is 0 Å². The predicted octanol–water partition coefficient (Wildman–Crippen LogP) is 2.26. The summed E-state index contributed by atoms with van der Waals surface area (Å²) in [7, 11) is 1.94. The van der Waals surface area contributed by atoms with Crippen LogP contribution >= 0.6 is 0 Å². The zero-order valence-electron chi connectivity index (χ0n) is 12.8. The highest BCUT2D eigenvalue weighted by Crippen LogP contribution is 2.19. The minimum Gasteiger partial charge on any atom is -0.346 e. The Balaban J connectivity index is 1.95. The smallest absolute Gasteiger partial charge is 0.220 e. The number of pyridine rings is 1. The molecule has 0 saturated carbocycles. The van der Waals surface area contributed by atoms with Crippen molar-refractivity contribution in [3.63, 3.8) is 0 Å². The summed E-state index contributed by atoms with van der Waals surface area (Å²) < 4.78 is 1.95. The summed E-state index contributed by atoms with van der Waals surface area (Å²) in [5.41, 5.74) is 0.936. The molecule has 0 aliphatic rings. The van der Waals surface area contributed by atoms with E-state index in [0.717, 1.165) is 11.5 Å². The number of imidazole rings is 1. The maximum Gasteiger partial charge on any atom is 0.220 e. The summed E-state index contributed by atoms with van der Waals surface area (Å²) >= 11 is 0. The lowest BCUT2D eigenvalue weighted by Crippen LogP contribution is -2.33. The van der Waals surface area contributed by atoms with Crippen molar-refractivity contribution in [1.82, 2.24) is 19.9 Å². The lowest BCUT2D eigenvalue weighted by atomic mass is 10.0. The molecule has 5 heteroatoms. The van der Waals surface area contributed by atoms with Crippen molar-refractivity contribution >= 4 is 5.91 Å². The average molecular weight is 286 g/mol. The fourth-order valence-electron chi connectivity index (χ4n) is 2.24. The van der Waals surface area contributed by atoms with Gasteiger partial charge in [0, 0.05) is 37.8 Å². The molecule has 0 fully saturated rings. The van der Waals surface area contributed by atoms with Gasteiger partial charge in [-0.05, 0) is 24.5 Å². The van der Waals surface area contributed by atoms with E-state index >= 15 is 0 Å². The SMILES string of the molecule is CC(C)C(NC(=O)CCc1ccccn1)c1nccn1C. The number of nitrogens with zero attached hydrogens (tertiary/aromatic N) is 3. The fourth-order valence-corrected chi connectivity index (χ4v) is 2.24. The van der Waals surface area contributed by atoms with E-state index in [1.807, 2.05) is 36.0 Å². The Morgan fingerprint density at radius 3 is 2.67 bits per heavy atom. The summed E-state index contributed by atoms with van der Waals surface area (Å²) in [5, 5.41) is 3.08. The van der Waals surface area contributed by atoms with Gasteiger partial charge < -0.3 is 9.88 Å². The summed E-state index contributed by atoms with van der Waals surface area (Å²) in [6.07, 6.45) is 6.48. The fraction of sp³-hybridized carbons (Fsp3) is 0.438. The molecule has 2 rings (SSSR count). The topological polar surface area (TPSA) is 59.8 Å². The summed E-state index contributed by atoms with van der Waals surface area (Å²) in [6, 6.07) is 5.68. The maximum atomic E-state index is 12.2. The largest absolute Gasteiger partial charge is 0.346 e. The minimum atomic E-state index is -0.0683. The van der Waals surface area contributed by atoms with Crippen LogP contribution in [0, 0.1) is 5.92 Å². The van der Waals surface area contributed by atoms with Crippen LogP contribution in [0.1, 0.15) is 37.8 Å². The summed E-state index contributed by atoms with van der Waals surface area (Å²) in [6.45, 7) is 4.16. The molecule has 21 heavy (non-hydrogen) atoms. The van der Waals surface area contributed by atoms with Crippen molar-refractivity contribution in [2.45, 2.75) is 32.7 Å². The van der Waals surface area contributed by atoms with E-state index in [2.05, 4.69) is 29.1 Å². The molecule has 0 aromatic carbocycles. The van der Waals surface area contributed by atoms with Crippen molar-refractivity contribution in [3.05, 3.63) is 48.3 Å². The molecule has 2 aromatic rings. The molecule has 0 radical (unpaired) electrons. The molecular formula is C16H22N4O. The second-order valence-electron chi connectivity index (χ2n) is 5.51. The molecule has 0 aliphatic carbocycles. The molecule has 1 atom stereocenters. The molecule has 112 valence electrons. The number of hydrogen-bond acceptors (Lipinski definition) is 3. The van der Waals surface area contributed by atoms with Gasteiger partial charge in [0.2, 0.25) is 5.91 Å². The van der Waals surface area contributed by atoms with Gasteiger partial charge in [0.1, 0.15) is 5.82 Å². The number of nitrogens with one attached hydrogen (secondary N) is 1. The Morgan fingerprint density at radius 2 is 2.10 bits per heavy atom. The first-order valence-electron chi connectivity index (χ1n) is 7.24. The van der Waals surface area contributed by atoms with Crippen LogP contribution in [0.2, 0.25) is 0 Å². The van der Waals surface area contributed by atoms with E-state index in [4.69, 9.17) is 0 Å². The molecule has 0 bridgehead atoms. The lowest BCUT2D eigenvalue weighted by molar-refractivity contribution is -0.122. The minimum absolute atomic E-state index is 0.0300. The predicted molar refractivity (Wildman–Crippen MR) is 81.5 cm³/mol. The number of aromatic nitrogens is 3. The number of carbonyl (C=O) groups excluding carboxylic acids is 1. The molecule has 1 amide bonds. The standard InChI is InChI=1S/C16H22N4O/c1-12(2)15(16-18-10-11-20(16)3)19-14(21)8-7-13-6-4-5-9-17-13/h4-6,9-12,15H,7-8H2,1-3H3,(H,19,21). The van der Waals surface area contributed by atoms with Gasteiger partial charge in [-0.25, -0.2) is 4.98 Å². The Hall–Kier alpha value is -2.17. The van der Waals surface area contributed by atoms with E-state index in [9.17, 15) is 4.79 Å². The van der Waals surface area contributed by atoms with Crippen LogP contribution in [-0.4, -0.2) is 20.4 Å². The van der Waals surface area contributed by atoms with Crippen molar-refractivity contribution in [2.75, 3.05) is 0 Å². The first-order valence-corrected chi connectivity index (χ1v) is 7.24. The zero-order chi connectivity index (χ0) is 15.2. The van der Waals surface area contributed by atoms with Crippen LogP contribution in [0.5, 0.6) is 0 Å². The van der Waals surface area contributed by atoms with E-state index in [-0.39, 0.29) is 17.9 Å². The quantitative estimate of drug-likeness (QED) is 0.886. The van der Waals surface area contributed by atoms with Crippen LogP contribution in [-0.2, 0) is 18.3 Å². The van der Waals surface area contributed by atoms with E-state index in [1.54, 1.807) is 12.4 Å². The molecule has 2 aromatic heterocycles. The van der Waals surface area contributed by atoms with Crippen molar-refractivity contribution < 1.29 is 4.79 Å². The van der Waals surface area contributed by atoms with Gasteiger partial charge in [0.25, 0.3) is 0 Å². The molecule has 2 heterocycles. The van der Waals surface area contributed by atoms with Crippen molar-refractivity contribution in [2.24, 2.45) is 13.0 Å². The number of rotatable bonds is 6. The molecular weight excluding hydrogens is 264 g/mol. The lowest BCUT2D eigenvalue weighted by Gasteiger charge is -2.22. The Morgan fingerprint density at radius 1 is 1.29 bits per heavy atom. The van der Waals surface area contributed by atoms with Gasteiger partial charge in [-0.1, -0.05) is 19.9 Å². The van der Waals surface area contributed by atoms with Crippen molar-refractivity contribution in [3.8, 4) is 0 Å². The van der Waals surface area contributed by atoms with Gasteiger partial charge in [-0.15, -0.1) is 0 Å². The first kappa shape index (κ1) is 15.2. The van der Waals surface area contributed by atoms with Crippen molar-refractivity contribution in [1.29, 1.82) is 0 Å². The monoisotopic (exact) mass is 286 g/mol. The van der Waals surface area contributed by atoms with E-state index in [1.165, 1.54) is 0 Å².